The number of aryl methyl sites for hydroxylation is 1. The van der Waals surface area contributed by atoms with Crippen LogP contribution in [0.2, 0.25) is 0 Å². The first-order valence-corrected chi connectivity index (χ1v) is 7.36. The summed E-state index contributed by atoms with van der Waals surface area (Å²) in [5, 5.41) is 0. The molecule has 0 N–H and O–H groups in total. The summed E-state index contributed by atoms with van der Waals surface area (Å²) >= 11 is 0. The van der Waals surface area contributed by atoms with Gasteiger partial charge in [0.15, 0.2) is 5.72 Å². The molecule has 2 aliphatic heterocycles. The third-order valence-electron chi connectivity index (χ3n) is 4.43. The molecule has 21 heavy (non-hydrogen) atoms. The average molecular weight is 279 g/mol. The molecular formula is C18H17NO2. The molecule has 1 amide bonds. The van der Waals surface area contributed by atoms with Crippen LogP contribution < -0.4 is 0 Å². The van der Waals surface area contributed by atoms with Crippen LogP contribution in [0.1, 0.15) is 33.5 Å². The Morgan fingerprint density at radius 3 is 2.67 bits per heavy atom. The van der Waals surface area contributed by atoms with Gasteiger partial charge in [-0.2, -0.15) is 0 Å². The molecule has 1 saturated heterocycles. The highest BCUT2D eigenvalue weighted by Gasteiger charge is 2.53. The quantitative estimate of drug-likeness (QED) is 0.803. The SMILES string of the molecule is Cc1ccc(C23OCCCN2C(=O)c2ccccc23)cc1. The van der Waals surface area contributed by atoms with E-state index in [2.05, 4.69) is 31.2 Å². The molecule has 0 aromatic heterocycles. The van der Waals surface area contributed by atoms with Crippen LogP contribution in [0, 0.1) is 6.92 Å². The van der Waals surface area contributed by atoms with Crippen LogP contribution >= 0.6 is 0 Å². The molecule has 2 aliphatic rings. The van der Waals surface area contributed by atoms with Crippen molar-refractivity contribution in [2.45, 2.75) is 19.1 Å². The Morgan fingerprint density at radius 2 is 1.86 bits per heavy atom. The molecule has 1 unspecified atom stereocenters. The van der Waals surface area contributed by atoms with Crippen molar-refractivity contribution in [3.63, 3.8) is 0 Å². The minimum Gasteiger partial charge on any atom is -0.347 e. The molecule has 2 heterocycles. The summed E-state index contributed by atoms with van der Waals surface area (Å²) in [5.41, 5.74) is 3.24. The molecule has 3 heteroatoms. The fraction of sp³-hybridized carbons (Fsp3) is 0.278. The fourth-order valence-corrected chi connectivity index (χ4v) is 3.43. The number of amides is 1. The van der Waals surface area contributed by atoms with E-state index >= 15 is 0 Å². The van der Waals surface area contributed by atoms with E-state index < -0.39 is 5.72 Å². The molecule has 3 nitrogen and oxygen atoms in total. The highest BCUT2D eigenvalue weighted by molar-refractivity contribution is 6.00. The first kappa shape index (κ1) is 12.6. The molecular weight excluding hydrogens is 262 g/mol. The van der Waals surface area contributed by atoms with Gasteiger partial charge in [-0.25, -0.2) is 0 Å². The zero-order valence-corrected chi connectivity index (χ0v) is 12.0. The molecule has 1 fully saturated rings. The Hall–Kier alpha value is -2.13. The normalized spacial score (nSPS) is 23.9. The Morgan fingerprint density at radius 1 is 1.10 bits per heavy atom. The zero-order chi connectivity index (χ0) is 14.4. The van der Waals surface area contributed by atoms with Gasteiger partial charge in [-0.05, 0) is 19.4 Å². The van der Waals surface area contributed by atoms with Gasteiger partial charge in [-0.1, -0.05) is 48.0 Å². The summed E-state index contributed by atoms with van der Waals surface area (Å²) in [6.45, 7) is 3.47. The third-order valence-corrected chi connectivity index (χ3v) is 4.43. The number of hydrogen-bond acceptors (Lipinski definition) is 2. The second kappa shape index (κ2) is 4.43. The minimum absolute atomic E-state index is 0.0749. The summed E-state index contributed by atoms with van der Waals surface area (Å²) in [5.74, 6) is 0.0749. The Kier molecular flexibility index (Phi) is 2.66. The Bertz CT molecular complexity index is 707. The van der Waals surface area contributed by atoms with Crippen molar-refractivity contribution in [2.24, 2.45) is 0 Å². The third kappa shape index (κ3) is 1.61. The van der Waals surface area contributed by atoms with Gasteiger partial charge >= 0.3 is 0 Å². The fourth-order valence-electron chi connectivity index (χ4n) is 3.43. The van der Waals surface area contributed by atoms with Gasteiger partial charge in [-0.3, -0.25) is 4.79 Å². The van der Waals surface area contributed by atoms with Gasteiger partial charge in [-0.15, -0.1) is 0 Å². The van der Waals surface area contributed by atoms with E-state index in [4.69, 9.17) is 4.74 Å². The smallest absolute Gasteiger partial charge is 0.257 e. The topological polar surface area (TPSA) is 29.5 Å². The number of fused-ring (bicyclic) bond motifs is 3. The maximum atomic E-state index is 12.7. The van der Waals surface area contributed by atoms with E-state index in [-0.39, 0.29) is 5.91 Å². The van der Waals surface area contributed by atoms with Crippen molar-refractivity contribution in [1.29, 1.82) is 0 Å². The summed E-state index contributed by atoms with van der Waals surface area (Å²) < 4.78 is 6.22. The molecule has 0 aliphatic carbocycles. The molecule has 0 spiro atoms. The number of rotatable bonds is 1. The Labute approximate surface area is 124 Å². The van der Waals surface area contributed by atoms with Crippen LogP contribution in [-0.4, -0.2) is 24.0 Å². The van der Waals surface area contributed by atoms with Gasteiger partial charge in [0, 0.05) is 23.2 Å². The summed E-state index contributed by atoms with van der Waals surface area (Å²) in [6.07, 6.45) is 0.882. The molecule has 2 aromatic carbocycles. The van der Waals surface area contributed by atoms with E-state index in [1.807, 2.05) is 29.2 Å². The van der Waals surface area contributed by atoms with Crippen molar-refractivity contribution < 1.29 is 9.53 Å². The van der Waals surface area contributed by atoms with Crippen molar-refractivity contribution in [1.82, 2.24) is 4.90 Å². The zero-order valence-electron chi connectivity index (χ0n) is 12.0. The second-order valence-electron chi connectivity index (χ2n) is 5.71. The summed E-state index contributed by atoms with van der Waals surface area (Å²) in [7, 11) is 0. The summed E-state index contributed by atoms with van der Waals surface area (Å²) in [6, 6.07) is 16.1. The predicted molar refractivity (Wildman–Crippen MR) is 80.0 cm³/mol. The first-order valence-electron chi connectivity index (χ1n) is 7.36. The van der Waals surface area contributed by atoms with Crippen molar-refractivity contribution >= 4 is 5.91 Å². The van der Waals surface area contributed by atoms with Crippen LogP contribution in [0.5, 0.6) is 0 Å². The van der Waals surface area contributed by atoms with Gasteiger partial charge in [0.25, 0.3) is 5.91 Å². The van der Waals surface area contributed by atoms with Gasteiger partial charge in [0.1, 0.15) is 0 Å². The number of nitrogens with zero attached hydrogens (tertiary/aromatic N) is 1. The Balaban J connectivity index is 1.98. The summed E-state index contributed by atoms with van der Waals surface area (Å²) in [4.78, 5) is 14.6. The second-order valence-corrected chi connectivity index (χ2v) is 5.71. The average Bonchev–Trinajstić information content (AvgIpc) is 2.80. The van der Waals surface area contributed by atoms with Crippen LogP contribution in [-0.2, 0) is 10.5 Å². The predicted octanol–water partition coefficient (Wildman–Crippen LogP) is 3.07. The number of carbonyl (C=O) groups is 1. The van der Waals surface area contributed by atoms with Gasteiger partial charge in [0.2, 0.25) is 0 Å². The van der Waals surface area contributed by atoms with E-state index in [0.29, 0.717) is 6.61 Å². The minimum atomic E-state index is -0.736. The van der Waals surface area contributed by atoms with E-state index in [0.717, 1.165) is 29.7 Å². The molecule has 1 atom stereocenters. The van der Waals surface area contributed by atoms with Crippen LogP contribution in [0.15, 0.2) is 48.5 Å². The lowest BCUT2D eigenvalue weighted by Gasteiger charge is -2.42. The lowest BCUT2D eigenvalue weighted by atomic mass is 9.92. The van der Waals surface area contributed by atoms with E-state index in [9.17, 15) is 4.79 Å². The molecule has 0 bridgehead atoms. The largest absolute Gasteiger partial charge is 0.347 e. The number of carbonyl (C=O) groups excluding carboxylic acids is 1. The number of hydrogen-bond donors (Lipinski definition) is 0. The van der Waals surface area contributed by atoms with E-state index in [1.54, 1.807) is 0 Å². The van der Waals surface area contributed by atoms with Gasteiger partial charge < -0.3 is 9.64 Å². The highest BCUT2D eigenvalue weighted by Crippen LogP contribution is 2.46. The number of ether oxygens (including phenoxy) is 1. The van der Waals surface area contributed by atoms with Crippen LogP contribution in [0.25, 0.3) is 0 Å². The van der Waals surface area contributed by atoms with Crippen LogP contribution in [0.3, 0.4) is 0 Å². The lowest BCUT2D eigenvalue weighted by Crippen LogP contribution is -2.50. The number of benzene rings is 2. The lowest BCUT2D eigenvalue weighted by molar-refractivity contribution is -0.137. The van der Waals surface area contributed by atoms with Crippen molar-refractivity contribution in [3.8, 4) is 0 Å². The molecule has 4 rings (SSSR count). The maximum absolute atomic E-state index is 12.7. The van der Waals surface area contributed by atoms with Gasteiger partial charge in [0.05, 0.1) is 6.61 Å². The molecule has 106 valence electrons. The monoisotopic (exact) mass is 279 g/mol. The molecule has 2 aromatic rings. The maximum Gasteiger partial charge on any atom is 0.257 e. The van der Waals surface area contributed by atoms with Crippen LogP contribution in [0.4, 0.5) is 0 Å². The molecule has 0 saturated carbocycles. The van der Waals surface area contributed by atoms with Crippen molar-refractivity contribution in [3.05, 3.63) is 70.8 Å². The standard InChI is InChI=1S/C18H17NO2/c1-13-7-9-14(10-8-13)18-16-6-3-2-5-15(16)17(20)19(18)11-4-12-21-18/h2-3,5-10H,4,11-12H2,1H3. The first-order chi connectivity index (χ1) is 10.2. The highest BCUT2D eigenvalue weighted by atomic mass is 16.5. The van der Waals surface area contributed by atoms with Crippen molar-refractivity contribution in [2.75, 3.05) is 13.2 Å². The van der Waals surface area contributed by atoms with E-state index in [1.165, 1.54) is 5.56 Å². The molecule has 0 radical (unpaired) electrons.